The van der Waals surface area contributed by atoms with Crippen molar-refractivity contribution < 1.29 is 4.79 Å². The number of likely N-dealkylation sites (N-methyl/N-ethyl adjacent to an activating group) is 1. The minimum atomic E-state index is -0.108. The molecule has 0 saturated carbocycles. The highest BCUT2D eigenvalue weighted by atomic mass is 16.1. The Morgan fingerprint density at radius 1 is 1.41 bits per heavy atom. The first-order valence-corrected chi connectivity index (χ1v) is 5.48. The number of hydrogen-bond acceptors (Lipinski definition) is 6. The molecule has 0 aliphatic heterocycles. The SMILES string of the molecule is CCCc1nc(NN)cc(NCC(=O)NC)n1. The molecule has 1 rings (SSSR count). The maximum Gasteiger partial charge on any atom is 0.239 e. The van der Waals surface area contributed by atoms with Crippen molar-refractivity contribution in [3.8, 4) is 0 Å². The second-order valence-corrected chi connectivity index (χ2v) is 3.48. The first-order chi connectivity index (χ1) is 8.19. The van der Waals surface area contributed by atoms with Gasteiger partial charge in [0.05, 0.1) is 6.54 Å². The molecule has 0 bridgehead atoms. The van der Waals surface area contributed by atoms with E-state index in [2.05, 4.69) is 26.0 Å². The third-order valence-electron chi connectivity index (χ3n) is 2.10. The molecular weight excluding hydrogens is 220 g/mol. The van der Waals surface area contributed by atoms with E-state index in [-0.39, 0.29) is 12.5 Å². The normalized spacial score (nSPS) is 9.82. The zero-order chi connectivity index (χ0) is 12.7. The lowest BCUT2D eigenvalue weighted by Crippen LogP contribution is -2.26. The summed E-state index contributed by atoms with van der Waals surface area (Å²) in [5.41, 5.74) is 2.48. The lowest BCUT2D eigenvalue weighted by atomic mass is 10.3. The number of hydrazine groups is 1. The fraction of sp³-hybridized carbons (Fsp3) is 0.500. The molecule has 1 aromatic heterocycles. The molecular formula is C10H18N6O. The predicted octanol–water partition coefficient (Wildman–Crippen LogP) is -0.127. The fourth-order valence-electron chi connectivity index (χ4n) is 1.26. The molecule has 0 spiro atoms. The maximum atomic E-state index is 11.1. The molecule has 1 amide bonds. The van der Waals surface area contributed by atoms with Crippen LogP contribution in [0.4, 0.5) is 11.6 Å². The van der Waals surface area contributed by atoms with Gasteiger partial charge in [-0.2, -0.15) is 0 Å². The smallest absolute Gasteiger partial charge is 0.239 e. The Morgan fingerprint density at radius 2 is 2.12 bits per heavy atom. The topological polar surface area (TPSA) is 105 Å². The monoisotopic (exact) mass is 238 g/mol. The van der Waals surface area contributed by atoms with Crippen LogP contribution in [0.15, 0.2) is 6.07 Å². The number of aromatic nitrogens is 2. The molecule has 0 radical (unpaired) electrons. The first-order valence-electron chi connectivity index (χ1n) is 5.48. The molecule has 7 heteroatoms. The number of rotatable bonds is 6. The summed E-state index contributed by atoms with van der Waals surface area (Å²) in [5.74, 6) is 7.02. The zero-order valence-electron chi connectivity index (χ0n) is 10.1. The van der Waals surface area contributed by atoms with Crippen LogP contribution >= 0.6 is 0 Å². The Hall–Kier alpha value is -1.89. The highest BCUT2D eigenvalue weighted by Gasteiger charge is 2.04. The summed E-state index contributed by atoms with van der Waals surface area (Å²) in [6, 6.07) is 1.65. The summed E-state index contributed by atoms with van der Waals surface area (Å²) in [6.07, 6.45) is 1.72. The van der Waals surface area contributed by atoms with Crippen LogP contribution in [0.1, 0.15) is 19.2 Å². The molecule has 5 N–H and O–H groups in total. The standard InChI is InChI=1S/C10H18N6O/c1-3-4-7-14-8(5-9(15-7)16-11)13-6-10(17)12-2/h5H,3-4,6,11H2,1-2H3,(H,12,17)(H2,13,14,15,16). The third-order valence-corrected chi connectivity index (χ3v) is 2.10. The maximum absolute atomic E-state index is 11.1. The van der Waals surface area contributed by atoms with E-state index < -0.39 is 0 Å². The molecule has 1 aromatic rings. The van der Waals surface area contributed by atoms with Gasteiger partial charge in [-0.25, -0.2) is 15.8 Å². The van der Waals surface area contributed by atoms with Crippen molar-refractivity contribution in [3.63, 3.8) is 0 Å². The lowest BCUT2D eigenvalue weighted by molar-refractivity contribution is -0.118. The zero-order valence-corrected chi connectivity index (χ0v) is 10.1. The van der Waals surface area contributed by atoms with Gasteiger partial charge in [0.1, 0.15) is 17.5 Å². The van der Waals surface area contributed by atoms with Gasteiger partial charge in [-0.3, -0.25) is 4.79 Å². The van der Waals surface area contributed by atoms with E-state index in [1.54, 1.807) is 13.1 Å². The van der Waals surface area contributed by atoms with Crippen LogP contribution in [-0.2, 0) is 11.2 Å². The number of carbonyl (C=O) groups is 1. The molecule has 0 atom stereocenters. The Morgan fingerprint density at radius 3 is 2.71 bits per heavy atom. The van der Waals surface area contributed by atoms with Crippen molar-refractivity contribution in [1.29, 1.82) is 0 Å². The van der Waals surface area contributed by atoms with E-state index >= 15 is 0 Å². The number of nitrogens with zero attached hydrogens (tertiary/aromatic N) is 2. The molecule has 0 fully saturated rings. The predicted molar refractivity (Wildman–Crippen MR) is 66.4 cm³/mol. The molecule has 0 aliphatic rings. The first kappa shape index (κ1) is 13.2. The number of anilines is 2. The number of aryl methyl sites for hydroxylation is 1. The van der Waals surface area contributed by atoms with Crippen molar-refractivity contribution >= 4 is 17.5 Å². The van der Waals surface area contributed by atoms with Crippen molar-refractivity contribution in [2.75, 3.05) is 24.3 Å². The van der Waals surface area contributed by atoms with Crippen LogP contribution in [0.2, 0.25) is 0 Å². The van der Waals surface area contributed by atoms with Crippen LogP contribution in [0.25, 0.3) is 0 Å². The van der Waals surface area contributed by atoms with Gasteiger partial charge in [0, 0.05) is 19.5 Å². The Bertz CT molecular complexity index is 381. The second kappa shape index (κ2) is 6.64. The van der Waals surface area contributed by atoms with Gasteiger partial charge in [0.15, 0.2) is 0 Å². The third kappa shape index (κ3) is 4.23. The van der Waals surface area contributed by atoms with Gasteiger partial charge in [-0.05, 0) is 6.42 Å². The Balaban J connectivity index is 2.75. The second-order valence-electron chi connectivity index (χ2n) is 3.48. The van der Waals surface area contributed by atoms with Crippen LogP contribution < -0.4 is 21.9 Å². The number of nitrogens with one attached hydrogen (secondary N) is 3. The van der Waals surface area contributed by atoms with Gasteiger partial charge >= 0.3 is 0 Å². The van der Waals surface area contributed by atoms with Gasteiger partial charge in [0.25, 0.3) is 0 Å². The van der Waals surface area contributed by atoms with Gasteiger partial charge in [-0.1, -0.05) is 6.92 Å². The molecule has 94 valence electrons. The van der Waals surface area contributed by atoms with Crippen molar-refractivity contribution in [1.82, 2.24) is 15.3 Å². The van der Waals surface area contributed by atoms with Crippen molar-refractivity contribution in [2.24, 2.45) is 5.84 Å². The summed E-state index contributed by atoms with van der Waals surface area (Å²) in [6.45, 7) is 2.21. The van der Waals surface area contributed by atoms with E-state index in [0.717, 1.165) is 12.8 Å². The molecule has 0 unspecified atom stereocenters. The lowest BCUT2D eigenvalue weighted by Gasteiger charge is -2.08. The number of carbonyl (C=O) groups excluding carboxylic acids is 1. The minimum absolute atomic E-state index is 0.108. The average molecular weight is 238 g/mol. The van der Waals surface area contributed by atoms with E-state index in [1.165, 1.54) is 0 Å². The van der Waals surface area contributed by atoms with Gasteiger partial charge in [-0.15, -0.1) is 0 Å². The van der Waals surface area contributed by atoms with E-state index in [1.807, 2.05) is 6.92 Å². The largest absolute Gasteiger partial charge is 0.361 e. The summed E-state index contributed by atoms with van der Waals surface area (Å²) in [5, 5.41) is 5.43. The molecule has 0 saturated heterocycles. The van der Waals surface area contributed by atoms with Crippen LogP contribution in [0, 0.1) is 0 Å². The van der Waals surface area contributed by atoms with Crippen LogP contribution in [-0.4, -0.2) is 29.5 Å². The molecule has 0 aliphatic carbocycles. The Kier molecular flexibility index (Phi) is 5.15. The summed E-state index contributed by atoms with van der Waals surface area (Å²) in [4.78, 5) is 19.6. The summed E-state index contributed by atoms with van der Waals surface area (Å²) in [7, 11) is 1.58. The highest BCUT2D eigenvalue weighted by Crippen LogP contribution is 2.11. The van der Waals surface area contributed by atoms with Gasteiger partial charge in [0.2, 0.25) is 5.91 Å². The average Bonchev–Trinajstić information content (AvgIpc) is 2.36. The van der Waals surface area contributed by atoms with Crippen molar-refractivity contribution in [3.05, 3.63) is 11.9 Å². The summed E-state index contributed by atoms with van der Waals surface area (Å²) >= 11 is 0. The van der Waals surface area contributed by atoms with Gasteiger partial charge < -0.3 is 16.1 Å². The van der Waals surface area contributed by atoms with E-state index in [4.69, 9.17) is 5.84 Å². The van der Waals surface area contributed by atoms with Crippen LogP contribution in [0.5, 0.6) is 0 Å². The minimum Gasteiger partial charge on any atom is -0.361 e. The van der Waals surface area contributed by atoms with E-state index in [0.29, 0.717) is 17.5 Å². The molecule has 7 nitrogen and oxygen atoms in total. The quantitative estimate of drug-likeness (QED) is 0.406. The van der Waals surface area contributed by atoms with E-state index in [9.17, 15) is 4.79 Å². The molecule has 1 heterocycles. The van der Waals surface area contributed by atoms with Crippen molar-refractivity contribution in [2.45, 2.75) is 19.8 Å². The van der Waals surface area contributed by atoms with Crippen LogP contribution in [0.3, 0.4) is 0 Å². The highest BCUT2D eigenvalue weighted by molar-refractivity contribution is 5.80. The molecule has 17 heavy (non-hydrogen) atoms. The number of nitrogen functional groups attached to an aromatic ring is 1. The Labute approximate surface area is 100 Å². The number of hydrogen-bond donors (Lipinski definition) is 4. The molecule has 0 aromatic carbocycles. The summed E-state index contributed by atoms with van der Waals surface area (Å²) < 4.78 is 0. The number of amides is 1. The number of nitrogens with two attached hydrogens (primary N) is 1. The fourth-order valence-corrected chi connectivity index (χ4v) is 1.26.